The van der Waals surface area contributed by atoms with Crippen molar-refractivity contribution in [1.82, 2.24) is 4.90 Å². The first-order valence-electron chi connectivity index (χ1n) is 6.21. The molecule has 0 amide bonds. The Morgan fingerprint density at radius 3 is 2.50 bits per heavy atom. The summed E-state index contributed by atoms with van der Waals surface area (Å²) in [5.41, 5.74) is 0. The highest BCUT2D eigenvalue weighted by atomic mass is 16.5. The zero-order chi connectivity index (χ0) is 11.8. The molecule has 4 nitrogen and oxygen atoms in total. The van der Waals surface area contributed by atoms with Gasteiger partial charge in [0.25, 0.3) is 0 Å². The fourth-order valence-corrected chi connectivity index (χ4v) is 2.10. The van der Waals surface area contributed by atoms with Crippen LogP contribution in [0.1, 0.15) is 19.8 Å². The molecular weight excluding hydrogens is 206 g/mol. The van der Waals surface area contributed by atoms with Crippen LogP contribution in [-0.4, -0.2) is 62.7 Å². The summed E-state index contributed by atoms with van der Waals surface area (Å²) in [6, 6.07) is 0. The summed E-state index contributed by atoms with van der Waals surface area (Å²) in [6.07, 6.45) is 2.06. The molecule has 1 saturated heterocycles. The van der Waals surface area contributed by atoms with E-state index in [1.165, 1.54) is 0 Å². The number of aliphatic hydroxyl groups is 1. The van der Waals surface area contributed by atoms with Gasteiger partial charge in [-0.3, -0.25) is 0 Å². The highest BCUT2D eigenvalue weighted by Crippen LogP contribution is 2.19. The van der Waals surface area contributed by atoms with Gasteiger partial charge in [-0.2, -0.15) is 0 Å². The lowest BCUT2D eigenvalue weighted by molar-refractivity contribution is 0.0374. The van der Waals surface area contributed by atoms with E-state index in [4.69, 9.17) is 9.47 Å². The largest absolute Gasteiger partial charge is 0.393 e. The molecule has 1 aliphatic heterocycles. The minimum absolute atomic E-state index is 0.153. The van der Waals surface area contributed by atoms with Gasteiger partial charge in [-0.1, -0.05) is 0 Å². The van der Waals surface area contributed by atoms with Gasteiger partial charge in [0, 0.05) is 13.7 Å². The highest BCUT2D eigenvalue weighted by molar-refractivity contribution is 4.75. The molecule has 96 valence electrons. The number of ether oxygens (including phenoxy) is 2. The van der Waals surface area contributed by atoms with Gasteiger partial charge in [-0.25, -0.2) is 0 Å². The van der Waals surface area contributed by atoms with Gasteiger partial charge in [0.15, 0.2) is 0 Å². The lowest BCUT2D eigenvalue weighted by Crippen LogP contribution is -2.38. The first-order valence-corrected chi connectivity index (χ1v) is 6.21. The number of piperidine rings is 1. The normalized spacial score (nSPS) is 21.2. The Labute approximate surface area is 98.5 Å². The Morgan fingerprint density at radius 1 is 1.25 bits per heavy atom. The molecule has 0 spiro atoms. The number of methoxy groups -OCH3 is 1. The van der Waals surface area contributed by atoms with Crippen LogP contribution in [0.5, 0.6) is 0 Å². The van der Waals surface area contributed by atoms with E-state index in [1.54, 1.807) is 7.11 Å². The molecule has 4 heteroatoms. The van der Waals surface area contributed by atoms with E-state index in [0.29, 0.717) is 19.1 Å². The summed E-state index contributed by atoms with van der Waals surface area (Å²) in [5, 5.41) is 9.48. The maximum absolute atomic E-state index is 9.48. The van der Waals surface area contributed by atoms with E-state index >= 15 is 0 Å². The van der Waals surface area contributed by atoms with Crippen molar-refractivity contribution in [2.45, 2.75) is 25.9 Å². The first kappa shape index (κ1) is 13.9. The molecule has 1 fully saturated rings. The number of aliphatic hydroxyl groups excluding tert-OH is 1. The molecule has 1 heterocycles. The molecule has 1 unspecified atom stereocenters. The Balaban J connectivity index is 1.99. The predicted octanol–water partition coefficient (Wildman–Crippen LogP) is 0.742. The van der Waals surface area contributed by atoms with Crippen LogP contribution in [0.3, 0.4) is 0 Å². The number of rotatable bonds is 7. The number of hydrogen-bond acceptors (Lipinski definition) is 4. The van der Waals surface area contributed by atoms with E-state index in [-0.39, 0.29) is 6.10 Å². The second-order valence-corrected chi connectivity index (χ2v) is 4.52. The van der Waals surface area contributed by atoms with Crippen LogP contribution in [0.15, 0.2) is 0 Å². The Kier molecular flexibility index (Phi) is 6.96. The minimum atomic E-state index is -0.153. The van der Waals surface area contributed by atoms with Crippen LogP contribution in [0.25, 0.3) is 0 Å². The number of nitrogens with zero attached hydrogens (tertiary/aromatic N) is 1. The van der Waals surface area contributed by atoms with E-state index in [2.05, 4.69) is 4.90 Å². The summed E-state index contributed by atoms with van der Waals surface area (Å²) < 4.78 is 10.3. The second-order valence-electron chi connectivity index (χ2n) is 4.52. The molecule has 0 aromatic carbocycles. The zero-order valence-corrected chi connectivity index (χ0v) is 10.5. The quantitative estimate of drug-likeness (QED) is 0.656. The van der Waals surface area contributed by atoms with Gasteiger partial charge in [0.05, 0.1) is 25.9 Å². The van der Waals surface area contributed by atoms with Crippen molar-refractivity contribution in [3.8, 4) is 0 Å². The molecule has 0 bridgehead atoms. The fraction of sp³-hybridized carbons (Fsp3) is 1.00. The molecule has 1 rings (SSSR count). The van der Waals surface area contributed by atoms with Crippen molar-refractivity contribution in [2.75, 3.05) is 46.6 Å². The molecular formula is C12H25NO3. The van der Waals surface area contributed by atoms with Crippen LogP contribution in [0.4, 0.5) is 0 Å². The molecule has 1 aliphatic rings. The predicted molar refractivity (Wildman–Crippen MR) is 63.5 cm³/mol. The Bertz CT molecular complexity index is 168. The van der Waals surface area contributed by atoms with Crippen molar-refractivity contribution in [1.29, 1.82) is 0 Å². The lowest BCUT2D eigenvalue weighted by Gasteiger charge is -2.33. The second kappa shape index (κ2) is 8.01. The third-order valence-corrected chi connectivity index (χ3v) is 3.30. The summed E-state index contributed by atoms with van der Waals surface area (Å²) in [5.74, 6) is 0.491. The average molecular weight is 231 g/mol. The van der Waals surface area contributed by atoms with Crippen LogP contribution in [0, 0.1) is 5.92 Å². The van der Waals surface area contributed by atoms with E-state index in [0.717, 1.165) is 39.1 Å². The maximum Gasteiger partial charge on any atom is 0.0700 e. The third kappa shape index (κ3) is 5.25. The van der Waals surface area contributed by atoms with Crippen molar-refractivity contribution < 1.29 is 14.6 Å². The van der Waals surface area contributed by atoms with Gasteiger partial charge < -0.3 is 19.5 Å². The zero-order valence-electron chi connectivity index (χ0n) is 10.5. The van der Waals surface area contributed by atoms with Crippen LogP contribution in [-0.2, 0) is 9.47 Å². The monoisotopic (exact) mass is 231 g/mol. The van der Waals surface area contributed by atoms with Crippen LogP contribution < -0.4 is 0 Å². The van der Waals surface area contributed by atoms with E-state index in [1.807, 2.05) is 6.92 Å². The molecule has 0 aliphatic carbocycles. The first-order chi connectivity index (χ1) is 7.74. The van der Waals surface area contributed by atoms with Gasteiger partial charge in [0.2, 0.25) is 0 Å². The summed E-state index contributed by atoms with van der Waals surface area (Å²) in [6.45, 7) is 7.20. The molecule has 0 saturated carbocycles. The molecule has 0 radical (unpaired) electrons. The third-order valence-electron chi connectivity index (χ3n) is 3.30. The number of hydrogen-bond donors (Lipinski definition) is 1. The SMILES string of the molecule is COCCOCCN1CCC(C(C)O)CC1. The molecule has 1 N–H and O–H groups in total. The minimum Gasteiger partial charge on any atom is -0.393 e. The van der Waals surface area contributed by atoms with Crippen molar-refractivity contribution in [3.05, 3.63) is 0 Å². The van der Waals surface area contributed by atoms with Crippen LogP contribution >= 0.6 is 0 Å². The Morgan fingerprint density at radius 2 is 1.94 bits per heavy atom. The highest BCUT2D eigenvalue weighted by Gasteiger charge is 2.21. The van der Waals surface area contributed by atoms with Gasteiger partial charge in [0.1, 0.15) is 0 Å². The van der Waals surface area contributed by atoms with E-state index in [9.17, 15) is 5.11 Å². The lowest BCUT2D eigenvalue weighted by atomic mass is 9.92. The van der Waals surface area contributed by atoms with Crippen molar-refractivity contribution in [2.24, 2.45) is 5.92 Å². The molecule has 0 aromatic rings. The summed E-state index contributed by atoms with van der Waals surface area (Å²) in [4.78, 5) is 2.41. The smallest absolute Gasteiger partial charge is 0.0700 e. The molecule has 0 aromatic heterocycles. The maximum atomic E-state index is 9.48. The molecule has 1 atom stereocenters. The molecule has 16 heavy (non-hydrogen) atoms. The van der Waals surface area contributed by atoms with Crippen LogP contribution in [0.2, 0.25) is 0 Å². The van der Waals surface area contributed by atoms with Gasteiger partial charge >= 0.3 is 0 Å². The fourth-order valence-electron chi connectivity index (χ4n) is 2.10. The van der Waals surface area contributed by atoms with Gasteiger partial charge in [-0.05, 0) is 38.8 Å². The number of likely N-dealkylation sites (tertiary alicyclic amines) is 1. The standard InChI is InChI=1S/C12H25NO3/c1-11(14)12-3-5-13(6-4-12)7-8-16-10-9-15-2/h11-12,14H,3-10H2,1-2H3. The summed E-state index contributed by atoms with van der Waals surface area (Å²) >= 11 is 0. The van der Waals surface area contributed by atoms with Crippen molar-refractivity contribution in [3.63, 3.8) is 0 Å². The summed E-state index contributed by atoms with van der Waals surface area (Å²) in [7, 11) is 1.68. The van der Waals surface area contributed by atoms with Gasteiger partial charge in [-0.15, -0.1) is 0 Å². The van der Waals surface area contributed by atoms with Crippen molar-refractivity contribution >= 4 is 0 Å². The average Bonchev–Trinajstić information content (AvgIpc) is 2.29. The van der Waals surface area contributed by atoms with E-state index < -0.39 is 0 Å². The topological polar surface area (TPSA) is 41.9 Å². The Hall–Kier alpha value is -0.160.